The maximum absolute atomic E-state index is 11.5. The minimum absolute atomic E-state index is 0.0277. The molecule has 0 amide bonds. The van der Waals surface area contributed by atoms with Crippen molar-refractivity contribution < 1.29 is 16.8 Å². The Morgan fingerprint density at radius 2 is 2.06 bits per heavy atom. The van der Waals surface area contributed by atoms with Crippen LogP contribution in [0.15, 0.2) is 0 Å². The van der Waals surface area contributed by atoms with Crippen LogP contribution < -0.4 is 10.0 Å². The van der Waals surface area contributed by atoms with Gasteiger partial charge in [-0.2, -0.15) is 0 Å². The van der Waals surface area contributed by atoms with Crippen LogP contribution in [0, 0.1) is 0 Å². The standard InChI is InChI=1S/C8H18N2O4S2/c1-9-4-6-16(13,14)10-8-3-2-5-15(11,12)7-8/h8-10H,2-7H2,1H3. The SMILES string of the molecule is CNCCS(=O)(=O)NC1CCCS(=O)(=O)C1. The molecule has 0 saturated carbocycles. The molecule has 0 aliphatic carbocycles. The fourth-order valence-corrected chi connectivity index (χ4v) is 4.71. The van der Waals surface area contributed by atoms with Crippen molar-refractivity contribution in [3.8, 4) is 0 Å². The summed E-state index contributed by atoms with van der Waals surface area (Å²) in [7, 11) is -4.77. The summed E-state index contributed by atoms with van der Waals surface area (Å²) in [6, 6.07) is -0.458. The van der Waals surface area contributed by atoms with Gasteiger partial charge in [-0.15, -0.1) is 0 Å². The van der Waals surface area contributed by atoms with Gasteiger partial charge in [-0.1, -0.05) is 0 Å². The lowest BCUT2D eigenvalue weighted by Gasteiger charge is -2.22. The summed E-state index contributed by atoms with van der Waals surface area (Å²) in [6.07, 6.45) is 1.12. The van der Waals surface area contributed by atoms with Crippen molar-refractivity contribution in [3.63, 3.8) is 0 Å². The first-order valence-electron chi connectivity index (χ1n) is 5.20. The van der Waals surface area contributed by atoms with Crippen LogP contribution in [-0.4, -0.2) is 53.7 Å². The minimum Gasteiger partial charge on any atom is -0.319 e. The van der Waals surface area contributed by atoms with E-state index in [0.717, 1.165) is 0 Å². The molecule has 1 aliphatic heterocycles. The molecule has 0 aromatic carbocycles. The number of rotatable bonds is 5. The van der Waals surface area contributed by atoms with E-state index in [1.165, 1.54) is 0 Å². The van der Waals surface area contributed by atoms with Gasteiger partial charge in [-0.05, 0) is 19.9 Å². The zero-order valence-electron chi connectivity index (χ0n) is 9.27. The van der Waals surface area contributed by atoms with Gasteiger partial charge in [0.2, 0.25) is 10.0 Å². The Balaban J connectivity index is 2.54. The fraction of sp³-hybridized carbons (Fsp3) is 1.00. The van der Waals surface area contributed by atoms with Gasteiger partial charge in [0.15, 0.2) is 9.84 Å². The second-order valence-electron chi connectivity index (χ2n) is 3.99. The quantitative estimate of drug-likeness (QED) is 0.648. The molecule has 0 bridgehead atoms. The van der Waals surface area contributed by atoms with Crippen molar-refractivity contribution in [2.24, 2.45) is 0 Å². The molecule has 2 N–H and O–H groups in total. The Hall–Kier alpha value is -0.180. The molecule has 1 unspecified atom stereocenters. The van der Waals surface area contributed by atoms with Crippen molar-refractivity contribution in [2.75, 3.05) is 30.9 Å². The zero-order chi connectivity index (χ0) is 12.2. The molecule has 1 fully saturated rings. The van der Waals surface area contributed by atoms with E-state index in [-0.39, 0.29) is 17.3 Å². The maximum Gasteiger partial charge on any atom is 0.213 e. The molecule has 8 heteroatoms. The highest BCUT2D eigenvalue weighted by Gasteiger charge is 2.27. The zero-order valence-corrected chi connectivity index (χ0v) is 10.9. The molecule has 1 heterocycles. The van der Waals surface area contributed by atoms with E-state index in [9.17, 15) is 16.8 Å². The second kappa shape index (κ2) is 5.44. The van der Waals surface area contributed by atoms with Crippen LogP contribution in [0.25, 0.3) is 0 Å². The average molecular weight is 270 g/mol. The predicted octanol–water partition coefficient (Wildman–Crippen LogP) is -1.30. The Kier molecular flexibility index (Phi) is 4.72. The molecule has 96 valence electrons. The third-order valence-electron chi connectivity index (χ3n) is 2.43. The lowest BCUT2D eigenvalue weighted by molar-refractivity contribution is 0.516. The second-order valence-corrected chi connectivity index (χ2v) is 8.10. The first-order chi connectivity index (χ1) is 7.35. The van der Waals surface area contributed by atoms with Crippen molar-refractivity contribution in [1.29, 1.82) is 0 Å². The Morgan fingerprint density at radius 3 is 2.62 bits per heavy atom. The molecular weight excluding hydrogens is 252 g/mol. The summed E-state index contributed by atoms with van der Waals surface area (Å²) in [4.78, 5) is 0. The van der Waals surface area contributed by atoms with E-state index in [4.69, 9.17) is 0 Å². The number of hydrogen-bond acceptors (Lipinski definition) is 5. The van der Waals surface area contributed by atoms with Crippen LogP contribution in [0.1, 0.15) is 12.8 Å². The molecular formula is C8H18N2O4S2. The van der Waals surface area contributed by atoms with E-state index >= 15 is 0 Å². The first kappa shape index (κ1) is 13.9. The van der Waals surface area contributed by atoms with E-state index in [0.29, 0.717) is 19.4 Å². The third-order valence-corrected chi connectivity index (χ3v) is 5.69. The topological polar surface area (TPSA) is 92.3 Å². The smallest absolute Gasteiger partial charge is 0.213 e. The van der Waals surface area contributed by atoms with Crippen LogP contribution in [-0.2, 0) is 19.9 Å². The molecule has 6 nitrogen and oxygen atoms in total. The van der Waals surface area contributed by atoms with Gasteiger partial charge in [-0.25, -0.2) is 21.6 Å². The van der Waals surface area contributed by atoms with E-state index < -0.39 is 25.9 Å². The summed E-state index contributed by atoms with van der Waals surface area (Å²) < 4.78 is 48.1. The fourth-order valence-electron chi connectivity index (χ4n) is 1.67. The largest absolute Gasteiger partial charge is 0.319 e. The Morgan fingerprint density at radius 1 is 1.38 bits per heavy atom. The summed E-state index contributed by atoms with van der Waals surface area (Å²) in [5, 5.41) is 2.74. The highest BCUT2D eigenvalue weighted by molar-refractivity contribution is 7.91. The van der Waals surface area contributed by atoms with E-state index in [1.807, 2.05) is 0 Å². The maximum atomic E-state index is 11.5. The van der Waals surface area contributed by atoms with Gasteiger partial charge >= 0.3 is 0 Å². The highest BCUT2D eigenvalue weighted by Crippen LogP contribution is 2.12. The summed E-state index contributed by atoms with van der Waals surface area (Å²) >= 11 is 0. The summed E-state index contributed by atoms with van der Waals surface area (Å²) in [5.41, 5.74) is 0. The van der Waals surface area contributed by atoms with Gasteiger partial charge in [0.1, 0.15) is 0 Å². The third kappa shape index (κ3) is 4.77. The molecule has 1 aliphatic rings. The average Bonchev–Trinajstić information content (AvgIpc) is 2.12. The number of sulfone groups is 1. The lowest BCUT2D eigenvalue weighted by Crippen LogP contribution is -2.44. The summed E-state index contributed by atoms with van der Waals surface area (Å²) in [5.74, 6) is 0.0631. The molecule has 1 atom stereocenters. The van der Waals surface area contributed by atoms with Gasteiger partial charge in [0.05, 0.1) is 17.3 Å². The van der Waals surface area contributed by atoms with Crippen LogP contribution in [0.2, 0.25) is 0 Å². The number of hydrogen-bond donors (Lipinski definition) is 2. The molecule has 1 saturated heterocycles. The van der Waals surface area contributed by atoms with Crippen molar-refractivity contribution in [3.05, 3.63) is 0 Å². The van der Waals surface area contributed by atoms with Crippen LogP contribution >= 0.6 is 0 Å². The minimum atomic E-state index is -3.37. The van der Waals surface area contributed by atoms with Gasteiger partial charge in [0, 0.05) is 12.6 Å². The predicted molar refractivity (Wildman–Crippen MR) is 62.5 cm³/mol. The van der Waals surface area contributed by atoms with Crippen LogP contribution in [0.4, 0.5) is 0 Å². The molecule has 1 rings (SSSR count). The van der Waals surface area contributed by atoms with Gasteiger partial charge in [0.25, 0.3) is 0 Å². The molecule has 0 aromatic heterocycles. The van der Waals surface area contributed by atoms with Crippen molar-refractivity contribution in [1.82, 2.24) is 10.0 Å². The Labute approximate surface area is 96.8 Å². The molecule has 16 heavy (non-hydrogen) atoms. The van der Waals surface area contributed by atoms with Gasteiger partial charge in [-0.3, -0.25) is 0 Å². The van der Waals surface area contributed by atoms with Crippen molar-refractivity contribution >= 4 is 19.9 Å². The first-order valence-corrected chi connectivity index (χ1v) is 8.67. The molecule has 0 spiro atoms. The molecule has 0 aromatic rings. The van der Waals surface area contributed by atoms with Crippen molar-refractivity contribution in [2.45, 2.75) is 18.9 Å². The normalized spacial score (nSPS) is 25.4. The van der Waals surface area contributed by atoms with Gasteiger partial charge < -0.3 is 5.32 Å². The highest BCUT2D eigenvalue weighted by atomic mass is 32.2. The van der Waals surface area contributed by atoms with Crippen LogP contribution in [0.5, 0.6) is 0 Å². The van der Waals surface area contributed by atoms with E-state index in [1.54, 1.807) is 7.05 Å². The summed E-state index contributed by atoms with van der Waals surface area (Å²) in [6.45, 7) is 0.356. The Bertz CT molecular complexity index is 415. The van der Waals surface area contributed by atoms with Crippen LogP contribution in [0.3, 0.4) is 0 Å². The monoisotopic (exact) mass is 270 g/mol. The van der Waals surface area contributed by atoms with E-state index in [2.05, 4.69) is 10.0 Å². The number of nitrogens with one attached hydrogen (secondary N) is 2. The number of sulfonamides is 1. The molecule has 0 radical (unpaired) electrons. The lowest BCUT2D eigenvalue weighted by atomic mass is 10.2.